The van der Waals surface area contributed by atoms with Crippen molar-refractivity contribution < 1.29 is 14.6 Å². The first-order valence-corrected chi connectivity index (χ1v) is 10.6. The van der Waals surface area contributed by atoms with E-state index in [9.17, 15) is 0 Å². The fourth-order valence-corrected chi connectivity index (χ4v) is 2.84. The highest BCUT2D eigenvalue weighted by Crippen LogP contribution is 2.13. The van der Waals surface area contributed by atoms with Crippen molar-refractivity contribution in [3.8, 4) is 0 Å². The maximum absolute atomic E-state index is 7.68. The molecular weight excluding hydrogens is 298 g/mol. The van der Waals surface area contributed by atoms with Gasteiger partial charge in [-0.05, 0) is 0 Å². The van der Waals surface area contributed by atoms with E-state index in [0.717, 1.165) is 0 Å². The minimum atomic E-state index is -0.406. The summed E-state index contributed by atoms with van der Waals surface area (Å²) in [4.78, 5) is 0. The van der Waals surface area contributed by atoms with Crippen LogP contribution in [0.4, 0.5) is 0 Å². The van der Waals surface area contributed by atoms with E-state index in [1.54, 1.807) is 0 Å². The second-order valence-corrected chi connectivity index (χ2v) is 6.77. The summed E-state index contributed by atoms with van der Waals surface area (Å²) in [7, 11) is -0.812. The summed E-state index contributed by atoms with van der Waals surface area (Å²) < 4.78 is 3.94. The van der Waals surface area contributed by atoms with Crippen LogP contribution in [0.15, 0.2) is 0 Å². The average molecular weight is 342 g/mol. The summed E-state index contributed by atoms with van der Waals surface area (Å²) in [5.74, 6) is 0. The van der Waals surface area contributed by atoms with Gasteiger partial charge in [0.25, 0.3) is 0 Å². The van der Waals surface area contributed by atoms with Crippen molar-refractivity contribution in [3.05, 3.63) is 0 Å². The van der Waals surface area contributed by atoms with Crippen LogP contribution in [-0.4, -0.2) is 25.4 Å². The van der Waals surface area contributed by atoms with Crippen LogP contribution in [0, 0.1) is 0 Å². The third-order valence-electron chi connectivity index (χ3n) is 4.39. The van der Waals surface area contributed by atoms with Crippen molar-refractivity contribution in [2.45, 2.75) is 123 Å². The molecule has 0 radical (unpaired) electrons. The van der Waals surface area contributed by atoms with Gasteiger partial charge in [0.15, 0.2) is 0 Å². The van der Waals surface area contributed by atoms with Gasteiger partial charge in [-0.3, -0.25) is 0 Å². The molecular formula is C19H44B2O3. The van der Waals surface area contributed by atoms with Crippen molar-refractivity contribution >= 4 is 15.4 Å². The third kappa shape index (κ3) is 30.0. The monoisotopic (exact) mass is 342 g/mol. The second-order valence-electron chi connectivity index (χ2n) is 6.77. The zero-order valence-electron chi connectivity index (χ0n) is 16.7. The van der Waals surface area contributed by atoms with Gasteiger partial charge in [-0.2, -0.15) is 0 Å². The highest BCUT2D eigenvalue weighted by molar-refractivity contribution is 6.32. The Bertz CT molecular complexity index is 177. The molecule has 0 rings (SSSR count). The fourth-order valence-electron chi connectivity index (χ4n) is 2.84. The second kappa shape index (κ2) is 27.8. The van der Waals surface area contributed by atoms with Gasteiger partial charge in [0.1, 0.15) is 0 Å². The Morgan fingerprint density at radius 3 is 0.792 bits per heavy atom. The van der Waals surface area contributed by atoms with Gasteiger partial charge in [0, 0.05) is 0 Å². The topological polar surface area (TPSA) is 49.7 Å². The van der Waals surface area contributed by atoms with Crippen molar-refractivity contribution in [1.29, 1.82) is 0 Å². The molecule has 144 valence electrons. The zero-order chi connectivity index (χ0) is 18.1. The molecule has 0 saturated carbocycles. The quantitative estimate of drug-likeness (QED) is 0.267. The van der Waals surface area contributed by atoms with Crippen LogP contribution in [0.2, 0.25) is 0 Å². The molecule has 0 aromatic rings. The Labute approximate surface area is 153 Å². The van der Waals surface area contributed by atoms with Crippen molar-refractivity contribution in [2.24, 2.45) is 0 Å². The largest absolute Gasteiger partial charge is 0.457 e. The molecule has 0 heterocycles. The first kappa shape index (κ1) is 26.2. The Hall–Kier alpha value is 0.00987. The SMILES string of the molecule is CCCCCCCCCCCCCCCCCCC.OBOBO. The standard InChI is InChI=1S/C19H40.B2H4O3/c1-3-5-7-9-11-13-15-17-19-18-16-14-12-10-8-6-4-2;3-1-5-2-4/h3-19H2,1-2H3;1-4H. The minimum Gasteiger partial charge on any atom is -0.457 e. The Balaban J connectivity index is 0. The van der Waals surface area contributed by atoms with E-state index in [1.807, 2.05) is 0 Å². The van der Waals surface area contributed by atoms with Gasteiger partial charge in [-0.15, -0.1) is 0 Å². The van der Waals surface area contributed by atoms with Gasteiger partial charge in [-0.1, -0.05) is 123 Å². The van der Waals surface area contributed by atoms with Gasteiger partial charge in [-0.25, -0.2) is 0 Å². The van der Waals surface area contributed by atoms with E-state index >= 15 is 0 Å². The highest BCUT2D eigenvalue weighted by atomic mass is 16.5. The molecule has 0 atom stereocenters. The summed E-state index contributed by atoms with van der Waals surface area (Å²) in [6.07, 6.45) is 24.9. The molecule has 0 spiro atoms. The number of hydrogen-bond donors (Lipinski definition) is 2. The molecule has 0 bridgehead atoms. The molecule has 24 heavy (non-hydrogen) atoms. The highest BCUT2D eigenvalue weighted by Gasteiger charge is 1.94. The van der Waals surface area contributed by atoms with Crippen LogP contribution in [0.3, 0.4) is 0 Å². The lowest BCUT2D eigenvalue weighted by Crippen LogP contribution is -2.00. The predicted octanol–water partition coefficient (Wildman–Crippen LogP) is 5.18. The van der Waals surface area contributed by atoms with Crippen molar-refractivity contribution in [2.75, 3.05) is 0 Å². The molecule has 0 aliphatic carbocycles. The molecule has 5 heteroatoms. The Morgan fingerprint density at radius 1 is 0.458 bits per heavy atom. The summed E-state index contributed by atoms with van der Waals surface area (Å²) in [6.45, 7) is 4.59. The lowest BCUT2D eigenvalue weighted by Gasteiger charge is -2.03. The van der Waals surface area contributed by atoms with Gasteiger partial charge < -0.3 is 14.6 Å². The zero-order valence-corrected chi connectivity index (χ0v) is 16.7. The number of unbranched alkanes of at least 4 members (excludes halogenated alkanes) is 16. The van der Waals surface area contributed by atoms with E-state index in [-0.39, 0.29) is 0 Å². The molecule has 0 aromatic carbocycles. The van der Waals surface area contributed by atoms with Crippen LogP contribution in [-0.2, 0) is 4.57 Å². The normalized spacial score (nSPS) is 10.2. The summed E-state index contributed by atoms with van der Waals surface area (Å²) >= 11 is 0. The minimum absolute atomic E-state index is 0.406. The molecule has 0 aliphatic heterocycles. The fraction of sp³-hybridized carbons (Fsp3) is 1.00. The molecule has 0 unspecified atom stereocenters. The van der Waals surface area contributed by atoms with Crippen LogP contribution in [0.5, 0.6) is 0 Å². The maximum Gasteiger partial charge on any atom is 0.421 e. The van der Waals surface area contributed by atoms with Crippen LogP contribution in [0.25, 0.3) is 0 Å². The first-order chi connectivity index (χ1) is 11.8. The summed E-state index contributed by atoms with van der Waals surface area (Å²) in [6, 6.07) is 0. The summed E-state index contributed by atoms with van der Waals surface area (Å²) in [5, 5.41) is 15.4. The lowest BCUT2D eigenvalue weighted by molar-refractivity contribution is 0.408. The Kier molecular flexibility index (Phi) is 30.4. The first-order valence-electron chi connectivity index (χ1n) is 10.6. The molecule has 0 amide bonds. The average Bonchev–Trinajstić information content (AvgIpc) is 2.60. The smallest absolute Gasteiger partial charge is 0.421 e. The lowest BCUT2D eigenvalue weighted by atomic mass is 10.0. The van der Waals surface area contributed by atoms with Crippen molar-refractivity contribution in [1.82, 2.24) is 0 Å². The maximum atomic E-state index is 7.68. The van der Waals surface area contributed by atoms with E-state index < -0.39 is 15.4 Å². The van der Waals surface area contributed by atoms with E-state index in [1.165, 1.54) is 109 Å². The molecule has 0 saturated heterocycles. The van der Waals surface area contributed by atoms with Crippen LogP contribution < -0.4 is 0 Å². The molecule has 0 fully saturated rings. The van der Waals surface area contributed by atoms with E-state index in [2.05, 4.69) is 18.4 Å². The molecule has 0 aliphatic rings. The summed E-state index contributed by atoms with van der Waals surface area (Å²) in [5.41, 5.74) is 0. The van der Waals surface area contributed by atoms with Crippen LogP contribution >= 0.6 is 0 Å². The van der Waals surface area contributed by atoms with Gasteiger partial charge in [0.05, 0.1) is 0 Å². The number of rotatable bonds is 18. The Morgan fingerprint density at radius 2 is 0.667 bits per heavy atom. The number of hydrogen-bond acceptors (Lipinski definition) is 3. The van der Waals surface area contributed by atoms with Crippen LogP contribution in [0.1, 0.15) is 123 Å². The van der Waals surface area contributed by atoms with Gasteiger partial charge >= 0.3 is 15.4 Å². The van der Waals surface area contributed by atoms with E-state index in [4.69, 9.17) is 10.0 Å². The predicted molar refractivity (Wildman–Crippen MR) is 110 cm³/mol. The third-order valence-corrected chi connectivity index (χ3v) is 4.39. The molecule has 3 nitrogen and oxygen atoms in total. The molecule has 2 N–H and O–H groups in total. The van der Waals surface area contributed by atoms with Gasteiger partial charge in [0.2, 0.25) is 0 Å². The molecule has 0 aromatic heterocycles. The van der Waals surface area contributed by atoms with Crippen molar-refractivity contribution in [3.63, 3.8) is 0 Å². The van der Waals surface area contributed by atoms with E-state index in [0.29, 0.717) is 0 Å².